The summed E-state index contributed by atoms with van der Waals surface area (Å²) < 4.78 is 19.1. The minimum absolute atomic E-state index is 0.162. The summed E-state index contributed by atoms with van der Waals surface area (Å²) in [6, 6.07) is 4.25. The van der Waals surface area contributed by atoms with Crippen molar-refractivity contribution in [1.82, 2.24) is 15.4 Å². The minimum Gasteiger partial charge on any atom is -0.465 e. The fourth-order valence-electron chi connectivity index (χ4n) is 2.40. The molecule has 0 saturated carbocycles. The number of benzene rings is 1. The molecule has 2 heterocycles. The van der Waals surface area contributed by atoms with E-state index in [9.17, 15) is 9.18 Å². The number of methoxy groups -OCH3 is 1. The van der Waals surface area contributed by atoms with E-state index in [1.165, 1.54) is 13.2 Å². The van der Waals surface area contributed by atoms with Gasteiger partial charge in [-0.25, -0.2) is 14.2 Å². The lowest BCUT2D eigenvalue weighted by Crippen LogP contribution is -2.43. The van der Waals surface area contributed by atoms with E-state index >= 15 is 0 Å². The van der Waals surface area contributed by atoms with Crippen molar-refractivity contribution in [3.8, 4) is 0 Å². The smallest absolute Gasteiger partial charge is 0.337 e. The molecule has 1 aromatic carbocycles. The highest BCUT2D eigenvalue weighted by Crippen LogP contribution is 2.20. The highest BCUT2D eigenvalue weighted by Gasteiger charge is 2.21. The molecule has 1 N–H and O–H groups in total. The van der Waals surface area contributed by atoms with E-state index in [1.807, 2.05) is 11.0 Å². The number of allylic oxidation sites excluding steroid dienone is 1. The fourth-order valence-corrected chi connectivity index (χ4v) is 2.40. The number of hydrogen-bond donors (Lipinski definition) is 1. The van der Waals surface area contributed by atoms with Crippen molar-refractivity contribution in [3.05, 3.63) is 65.9 Å². The summed E-state index contributed by atoms with van der Waals surface area (Å²) in [5.74, 6) is -0.513. The van der Waals surface area contributed by atoms with Crippen LogP contribution in [0.3, 0.4) is 0 Å². The second-order valence-electron chi connectivity index (χ2n) is 5.23. The van der Waals surface area contributed by atoms with Crippen molar-refractivity contribution in [2.75, 3.05) is 12.0 Å². The maximum absolute atomic E-state index is 14.5. The molecular formula is C17H16FN5O2. The predicted octanol–water partition coefficient (Wildman–Crippen LogP) is 1.88. The predicted molar refractivity (Wildman–Crippen MR) is 90.5 cm³/mol. The summed E-state index contributed by atoms with van der Waals surface area (Å²) in [7, 11) is 1.26. The van der Waals surface area contributed by atoms with Crippen molar-refractivity contribution in [3.63, 3.8) is 0 Å². The molecule has 7 nitrogen and oxygen atoms in total. The van der Waals surface area contributed by atoms with E-state index in [-0.39, 0.29) is 18.3 Å². The van der Waals surface area contributed by atoms with Crippen LogP contribution in [0.1, 0.15) is 15.9 Å². The van der Waals surface area contributed by atoms with Gasteiger partial charge in [-0.2, -0.15) is 5.10 Å². The summed E-state index contributed by atoms with van der Waals surface area (Å²) in [5.41, 5.74) is 3.51. The summed E-state index contributed by atoms with van der Waals surface area (Å²) in [4.78, 5) is 21.7. The van der Waals surface area contributed by atoms with Crippen LogP contribution < -0.4 is 10.3 Å². The normalized spacial score (nSPS) is 15.5. The fraction of sp³-hybridized carbons (Fsp3) is 0.176. The Morgan fingerprint density at radius 2 is 2.28 bits per heavy atom. The molecule has 0 fully saturated rings. The zero-order chi connectivity index (χ0) is 17.6. The van der Waals surface area contributed by atoms with Crippen molar-refractivity contribution < 1.29 is 13.9 Å². The molecule has 0 radical (unpaired) electrons. The molecule has 1 aromatic heterocycles. The van der Waals surface area contributed by atoms with Gasteiger partial charge >= 0.3 is 5.97 Å². The van der Waals surface area contributed by atoms with Crippen LogP contribution in [0.4, 0.5) is 10.2 Å². The third-order valence-corrected chi connectivity index (χ3v) is 3.66. The molecule has 0 aliphatic carbocycles. The average molecular weight is 341 g/mol. The van der Waals surface area contributed by atoms with E-state index in [2.05, 4.69) is 25.2 Å². The maximum atomic E-state index is 14.5. The van der Waals surface area contributed by atoms with E-state index in [1.54, 1.807) is 36.9 Å². The van der Waals surface area contributed by atoms with Gasteiger partial charge in [0, 0.05) is 30.7 Å². The standard InChI is InChI=1S/C17H16FN5O2/c1-25-17(24)12-4-5-13(14(18)9-12)11-23(15-3-2-6-21-22-15)16-10-19-7-8-20-16/h2-10,15,22H,11H2,1H3. The molecule has 25 heavy (non-hydrogen) atoms. The van der Waals surface area contributed by atoms with Crippen molar-refractivity contribution in [2.24, 2.45) is 5.10 Å². The summed E-state index contributed by atoms with van der Waals surface area (Å²) in [6.07, 6.45) is 9.71. The largest absolute Gasteiger partial charge is 0.465 e. The molecule has 1 unspecified atom stereocenters. The van der Waals surface area contributed by atoms with Gasteiger partial charge in [0.05, 0.1) is 18.9 Å². The van der Waals surface area contributed by atoms with Crippen LogP contribution in [-0.4, -0.2) is 35.4 Å². The van der Waals surface area contributed by atoms with E-state index < -0.39 is 11.8 Å². The SMILES string of the molecule is COC(=O)c1ccc(CN(c2cnccn2)C2C=CC=NN2)c(F)c1. The Hall–Kier alpha value is -3.29. The van der Waals surface area contributed by atoms with Crippen LogP contribution in [0.15, 0.2) is 54.0 Å². The van der Waals surface area contributed by atoms with E-state index in [0.717, 1.165) is 6.07 Å². The number of carbonyl (C=O) groups is 1. The summed E-state index contributed by atoms with van der Waals surface area (Å²) >= 11 is 0. The molecule has 0 bridgehead atoms. The molecule has 1 atom stereocenters. The number of carbonyl (C=O) groups excluding carboxylic acids is 1. The van der Waals surface area contributed by atoms with Crippen LogP contribution in [0.5, 0.6) is 0 Å². The van der Waals surface area contributed by atoms with Crippen molar-refractivity contribution in [1.29, 1.82) is 0 Å². The number of esters is 1. The van der Waals surface area contributed by atoms with Gasteiger partial charge in [0.15, 0.2) is 0 Å². The number of aromatic nitrogens is 2. The third-order valence-electron chi connectivity index (χ3n) is 3.66. The molecule has 8 heteroatoms. The van der Waals surface area contributed by atoms with Gasteiger partial charge in [0.25, 0.3) is 0 Å². The lowest BCUT2D eigenvalue weighted by atomic mass is 10.1. The second kappa shape index (κ2) is 7.52. The Morgan fingerprint density at radius 3 is 2.92 bits per heavy atom. The number of nitrogens with one attached hydrogen (secondary N) is 1. The van der Waals surface area contributed by atoms with E-state index in [0.29, 0.717) is 11.4 Å². The van der Waals surface area contributed by atoms with Gasteiger partial charge in [0.2, 0.25) is 0 Å². The van der Waals surface area contributed by atoms with Gasteiger partial charge in [-0.1, -0.05) is 6.07 Å². The highest BCUT2D eigenvalue weighted by molar-refractivity contribution is 5.89. The van der Waals surface area contributed by atoms with Crippen molar-refractivity contribution >= 4 is 18.0 Å². The first-order valence-corrected chi connectivity index (χ1v) is 7.54. The van der Waals surface area contributed by atoms with Gasteiger partial charge < -0.3 is 9.64 Å². The molecule has 0 amide bonds. The van der Waals surface area contributed by atoms with Crippen LogP contribution in [-0.2, 0) is 11.3 Å². The monoisotopic (exact) mass is 341 g/mol. The Balaban J connectivity index is 1.89. The first-order valence-electron chi connectivity index (χ1n) is 7.54. The van der Waals surface area contributed by atoms with Crippen LogP contribution >= 0.6 is 0 Å². The number of halogens is 1. The molecule has 0 saturated heterocycles. The zero-order valence-electron chi connectivity index (χ0n) is 13.5. The average Bonchev–Trinajstić information content (AvgIpc) is 2.67. The zero-order valence-corrected chi connectivity index (χ0v) is 13.5. The molecule has 2 aromatic rings. The Kier molecular flexibility index (Phi) is 4.98. The quantitative estimate of drug-likeness (QED) is 0.837. The summed E-state index contributed by atoms with van der Waals surface area (Å²) in [6.45, 7) is 0.212. The van der Waals surface area contributed by atoms with E-state index in [4.69, 9.17) is 0 Å². The Morgan fingerprint density at radius 1 is 1.40 bits per heavy atom. The number of ether oxygens (including phenoxy) is 1. The van der Waals surface area contributed by atoms with Gasteiger partial charge in [-0.3, -0.25) is 10.4 Å². The topological polar surface area (TPSA) is 79.7 Å². The van der Waals surface area contributed by atoms with Crippen LogP contribution in [0.2, 0.25) is 0 Å². The lowest BCUT2D eigenvalue weighted by Gasteiger charge is -2.31. The Bertz CT molecular complexity index is 810. The van der Waals surface area contributed by atoms with Gasteiger partial charge in [-0.15, -0.1) is 0 Å². The second-order valence-corrected chi connectivity index (χ2v) is 5.23. The first-order chi connectivity index (χ1) is 12.2. The molecule has 1 aliphatic heterocycles. The molecular weight excluding hydrogens is 325 g/mol. The molecule has 0 spiro atoms. The third kappa shape index (κ3) is 3.79. The Labute approximate surface area is 143 Å². The molecule has 1 aliphatic rings. The number of rotatable bonds is 5. The number of anilines is 1. The van der Waals surface area contributed by atoms with Gasteiger partial charge in [-0.05, 0) is 24.3 Å². The summed E-state index contributed by atoms with van der Waals surface area (Å²) in [5, 5.41) is 4.01. The first kappa shape index (κ1) is 16.6. The number of hydrazone groups is 1. The number of nitrogens with zero attached hydrogens (tertiary/aromatic N) is 4. The van der Waals surface area contributed by atoms with Gasteiger partial charge in [0.1, 0.15) is 17.8 Å². The highest BCUT2D eigenvalue weighted by atomic mass is 19.1. The maximum Gasteiger partial charge on any atom is 0.337 e. The van der Waals surface area contributed by atoms with Crippen LogP contribution in [0.25, 0.3) is 0 Å². The minimum atomic E-state index is -0.581. The lowest BCUT2D eigenvalue weighted by molar-refractivity contribution is 0.0600. The van der Waals surface area contributed by atoms with Crippen LogP contribution in [0, 0.1) is 5.82 Å². The number of hydrogen-bond acceptors (Lipinski definition) is 7. The molecule has 128 valence electrons. The van der Waals surface area contributed by atoms with Crippen molar-refractivity contribution in [2.45, 2.75) is 12.7 Å². The molecule has 3 rings (SSSR count).